The van der Waals surface area contributed by atoms with E-state index >= 15 is 0 Å². The molecule has 0 aliphatic heterocycles. The Balaban J connectivity index is 2.29. The summed E-state index contributed by atoms with van der Waals surface area (Å²) in [5.41, 5.74) is 2.02. The van der Waals surface area contributed by atoms with E-state index in [1.54, 1.807) is 11.0 Å². The van der Waals surface area contributed by atoms with Crippen LogP contribution in [0.5, 0.6) is 0 Å². The monoisotopic (exact) mass is 250 g/mol. The van der Waals surface area contributed by atoms with E-state index in [1.165, 1.54) is 6.33 Å². The van der Waals surface area contributed by atoms with Crippen LogP contribution in [-0.2, 0) is 6.54 Å². The van der Waals surface area contributed by atoms with E-state index in [2.05, 4.69) is 22.3 Å². The van der Waals surface area contributed by atoms with Crippen LogP contribution < -0.4 is 5.32 Å². The lowest BCUT2D eigenvalue weighted by molar-refractivity contribution is 0.670. The highest BCUT2D eigenvalue weighted by molar-refractivity contribution is 6.32. The molecule has 1 heterocycles. The minimum absolute atomic E-state index is 0.686. The van der Waals surface area contributed by atoms with E-state index in [4.69, 9.17) is 11.6 Å². The van der Waals surface area contributed by atoms with Crippen LogP contribution in [0.25, 0.3) is 5.69 Å². The van der Waals surface area contributed by atoms with Gasteiger partial charge in [-0.15, -0.1) is 0 Å². The van der Waals surface area contributed by atoms with Crippen molar-refractivity contribution in [3.8, 4) is 5.69 Å². The molecular weight excluding hydrogens is 236 g/mol. The van der Waals surface area contributed by atoms with Crippen LogP contribution in [0, 0.1) is 0 Å². The average Bonchev–Trinajstić information content (AvgIpc) is 2.83. The number of para-hydroxylation sites is 1. The van der Waals surface area contributed by atoms with Gasteiger partial charge in [0.1, 0.15) is 12.7 Å². The second-order valence-electron chi connectivity index (χ2n) is 3.76. The molecule has 0 saturated heterocycles. The Labute approximate surface area is 106 Å². The summed E-state index contributed by atoms with van der Waals surface area (Å²) in [6, 6.07) is 5.86. The fourth-order valence-electron chi connectivity index (χ4n) is 1.68. The fraction of sp³-hybridized carbons (Fsp3) is 0.333. The number of hydrogen-bond donors (Lipinski definition) is 1. The lowest BCUT2D eigenvalue weighted by Crippen LogP contribution is -2.15. The zero-order chi connectivity index (χ0) is 12.1. The quantitative estimate of drug-likeness (QED) is 0.829. The number of halogens is 1. The van der Waals surface area contributed by atoms with E-state index in [1.807, 2.05) is 18.2 Å². The topological polar surface area (TPSA) is 42.7 Å². The molecule has 90 valence electrons. The molecule has 0 atom stereocenters. The minimum Gasteiger partial charge on any atom is -0.313 e. The summed E-state index contributed by atoms with van der Waals surface area (Å²) in [6.07, 6.45) is 4.27. The molecule has 0 amide bonds. The van der Waals surface area contributed by atoms with Crippen LogP contribution in [0.1, 0.15) is 18.9 Å². The molecule has 0 bridgehead atoms. The number of hydrogen-bond acceptors (Lipinski definition) is 3. The molecule has 0 saturated carbocycles. The van der Waals surface area contributed by atoms with Crippen LogP contribution in [0.4, 0.5) is 0 Å². The molecule has 2 rings (SSSR count). The van der Waals surface area contributed by atoms with Gasteiger partial charge in [-0.3, -0.25) is 0 Å². The van der Waals surface area contributed by atoms with E-state index in [0.717, 1.165) is 30.8 Å². The Kier molecular flexibility index (Phi) is 4.12. The first-order chi connectivity index (χ1) is 8.33. The smallest absolute Gasteiger partial charge is 0.138 e. The second-order valence-corrected chi connectivity index (χ2v) is 4.17. The Morgan fingerprint density at radius 2 is 2.29 bits per heavy atom. The largest absolute Gasteiger partial charge is 0.313 e. The molecule has 5 heteroatoms. The Hall–Kier alpha value is -1.39. The first-order valence-electron chi connectivity index (χ1n) is 5.66. The van der Waals surface area contributed by atoms with Crippen molar-refractivity contribution in [3.63, 3.8) is 0 Å². The van der Waals surface area contributed by atoms with Crippen molar-refractivity contribution in [3.05, 3.63) is 41.4 Å². The standard InChI is InChI=1S/C12H15ClN4/c1-2-6-14-7-10-4-3-5-11(13)12(10)17-9-15-8-16-17/h3-5,8-9,14H,2,6-7H2,1H3. The van der Waals surface area contributed by atoms with Crippen molar-refractivity contribution in [2.75, 3.05) is 6.54 Å². The van der Waals surface area contributed by atoms with E-state index in [9.17, 15) is 0 Å². The molecule has 0 unspecified atom stereocenters. The summed E-state index contributed by atoms with van der Waals surface area (Å²) in [4.78, 5) is 3.95. The number of nitrogens with zero attached hydrogens (tertiary/aromatic N) is 3. The maximum atomic E-state index is 6.22. The third-order valence-electron chi connectivity index (χ3n) is 2.46. The Bertz CT molecular complexity index is 467. The minimum atomic E-state index is 0.686. The predicted octanol–water partition coefficient (Wildman–Crippen LogP) is 2.42. The van der Waals surface area contributed by atoms with Crippen molar-refractivity contribution in [1.29, 1.82) is 0 Å². The summed E-state index contributed by atoms with van der Waals surface area (Å²) in [5.74, 6) is 0. The molecule has 1 aromatic carbocycles. The van der Waals surface area contributed by atoms with Gasteiger partial charge >= 0.3 is 0 Å². The summed E-state index contributed by atoms with van der Waals surface area (Å²) in [5, 5.41) is 8.18. The predicted molar refractivity (Wildman–Crippen MR) is 68.4 cm³/mol. The molecule has 0 fully saturated rings. The van der Waals surface area contributed by atoms with Crippen molar-refractivity contribution in [1.82, 2.24) is 20.1 Å². The lowest BCUT2D eigenvalue weighted by atomic mass is 10.1. The molecule has 0 radical (unpaired) electrons. The van der Waals surface area contributed by atoms with Crippen molar-refractivity contribution < 1.29 is 0 Å². The number of benzene rings is 1. The van der Waals surface area contributed by atoms with Crippen molar-refractivity contribution in [2.24, 2.45) is 0 Å². The van der Waals surface area contributed by atoms with Crippen LogP contribution in [0.2, 0.25) is 5.02 Å². The first kappa shape index (κ1) is 12.1. The highest BCUT2D eigenvalue weighted by Crippen LogP contribution is 2.23. The Morgan fingerprint density at radius 3 is 3.00 bits per heavy atom. The fourth-order valence-corrected chi connectivity index (χ4v) is 1.96. The number of rotatable bonds is 5. The van der Waals surface area contributed by atoms with E-state index in [0.29, 0.717) is 5.02 Å². The number of aromatic nitrogens is 3. The molecule has 1 N–H and O–H groups in total. The Morgan fingerprint density at radius 1 is 1.41 bits per heavy atom. The van der Waals surface area contributed by atoms with Gasteiger partial charge in [-0.05, 0) is 24.6 Å². The van der Waals surface area contributed by atoms with E-state index < -0.39 is 0 Å². The molecule has 1 aromatic heterocycles. The van der Waals surface area contributed by atoms with Crippen LogP contribution >= 0.6 is 11.6 Å². The summed E-state index contributed by atoms with van der Waals surface area (Å²) in [7, 11) is 0. The summed E-state index contributed by atoms with van der Waals surface area (Å²) in [6.45, 7) is 3.91. The highest BCUT2D eigenvalue weighted by Gasteiger charge is 2.09. The molecule has 2 aromatic rings. The molecular formula is C12H15ClN4. The van der Waals surface area contributed by atoms with Crippen molar-refractivity contribution >= 4 is 11.6 Å². The zero-order valence-electron chi connectivity index (χ0n) is 9.73. The van der Waals surface area contributed by atoms with Gasteiger partial charge in [-0.2, -0.15) is 5.10 Å². The lowest BCUT2D eigenvalue weighted by Gasteiger charge is -2.11. The maximum absolute atomic E-state index is 6.22. The first-order valence-corrected chi connectivity index (χ1v) is 6.04. The van der Waals surface area contributed by atoms with Gasteiger partial charge in [0.15, 0.2) is 0 Å². The molecule has 0 spiro atoms. The molecule has 4 nitrogen and oxygen atoms in total. The summed E-state index contributed by atoms with van der Waals surface area (Å²) >= 11 is 6.22. The molecule has 0 aliphatic rings. The number of nitrogens with one attached hydrogen (secondary N) is 1. The van der Waals surface area contributed by atoms with Gasteiger partial charge in [0, 0.05) is 6.54 Å². The summed E-state index contributed by atoms with van der Waals surface area (Å²) < 4.78 is 1.70. The van der Waals surface area contributed by atoms with Crippen LogP contribution in [0.3, 0.4) is 0 Å². The maximum Gasteiger partial charge on any atom is 0.138 e. The van der Waals surface area contributed by atoms with Gasteiger partial charge in [-0.1, -0.05) is 30.7 Å². The third-order valence-corrected chi connectivity index (χ3v) is 2.77. The average molecular weight is 251 g/mol. The van der Waals surface area contributed by atoms with E-state index in [-0.39, 0.29) is 0 Å². The zero-order valence-corrected chi connectivity index (χ0v) is 10.5. The van der Waals surface area contributed by atoms with Gasteiger partial charge in [0.2, 0.25) is 0 Å². The van der Waals surface area contributed by atoms with Gasteiger partial charge in [0.25, 0.3) is 0 Å². The van der Waals surface area contributed by atoms with Crippen LogP contribution in [0.15, 0.2) is 30.9 Å². The van der Waals surface area contributed by atoms with Gasteiger partial charge in [-0.25, -0.2) is 9.67 Å². The SMILES string of the molecule is CCCNCc1cccc(Cl)c1-n1cncn1. The molecule has 17 heavy (non-hydrogen) atoms. The van der Waals surface area contributed by atoms with Gasteiger partial charge in [0.05, 0.1) is 10.7 Å². The third kappa shape index (κ3) is 2.84. The van der Waals surface area contributed by atoms with Crippen LogP contribution in [-0.4, -0.2) is 21.3 Å². The normalized spacial score (nSPS) is 10.7. The molecule has 0 aliphatic carbocycles. The van der Waals surface area contributed by atoms with Crippen molar-refractivity contribution in [2.45, 2.75) is 19.9 Å². The second kappa shape index (κ2) is 5.80. The highest BCUT2D eigenvalue weighted by atomic mass is 35.5. The van der Waals surface area contributed by atoms with Gasteiger partial charge < -0.3 is 5.32 Å².